The van der Waals surface area contributed by atoms with Crippen molar-refractivity contribution >= 4 is 23.6 Å². The van der Waals surface area contributed by atoms with Gasteiger partial charge in [0.25, 0.3) is 0 Å². The molecule has 11 nitrogen and oxygen atoms in total. The molecule has 1 aliphatic heterocycles. The Bertz CT molecular complexity index is 1630. The second-order valence-corrected chi connectivity index (χ2v) is 12.9. The Balaban J connectivity index is 1.22. The molecule has 0 bridgehead atoms. The molecule has 3 atom stereocenters. The predicted molar refractivity (Wildman–Crippen MR) is 182 cm³/mol. The van der Waals surface area contributed by atoms with Gasteiger partial charge < -0.3 is 24.5 Å². The van der Waals surface area contributed by atoms with Crippen LogP contribution in [0.2, 0.25) is 0 Å². The van der Waals surface area contributed by atoms with Gasteiger partial charge in [0.1, 0.15) is 6.33 Å². The average molecular weight is 674 g/mol. The molecule has 1 fully saturated rings. The molecule has 0 aliphatic carbocycles. The van der Waals surface area contributed by atoms with Crippen LogP contribution in [0.4, 0.5) is 0 Å². The molecule has 2 heterocycles. The zero-order chi connectivity index (χ0) is 33.7. The van der Waals surface area contributed by atoms with Crippen LogP contribution in [0, 0.1) is 0 Å². The number of carbonyl (C=O) groups is 2. The number of hydroxylamine groups is 1. The second kappa shape index (κ2) is 17.9. The molecule has 48 heavy (non-hydrogen) atoms. The van der Waals surface area contributed by atoms with E-state index in [4.69, 9.17) is 14.7 Å². The van der Waals surface area contributed by atoms with Gasteiger partial charge in [-0.1, -0.05) is 85.3 Å². The number of thioether (sulfide) groups is 1. The van der Waals surface area contributed by atoms with E-state index in [1.807, 2.05) is 60.1 Å². The molecule has 4 aromatic rings. The quantitative estimate of drug-likeness (QED) is 0.0503. The first-order chi connectivity index (χ1) is 23.4. The minimum absolute atomic E-state index is 0.00505. The van der Waals surface area contributed by atoms with Gasteiger partial charge >= 0.3 is 0 Å². The van der Waals surface area contributed by atoms with E-state index in [1.165, 1.54) is 0 Å². The number of amides is 2. The number of rotatable bonds is 16. The van der Waals surface area contributed by atoms with E-state index in [-0.39, 0.29) is 37.0 Å². The smallest absolute Gasteiger partial charge is 0.243 e. The Morgan fingerprint density at radius 3 is 2.33 bits per heavy atom. The van der Waals surface area contributed by atoms with Crippen LogP contribution < -0.4 is 10.8 Å². The fraction of sp³-hybridized carbons (Fsp3) is 0.389. The SMILES string of the molecule is Cn1cnnc1SCC1CC(c2ccc(CO)cc2)OC(c2cccc(-c3cccc(CNC(=O)CCCCCCC(=O)NO)c3)c2)O1. The Hall–Kier alpha value is -4.07. The van der Waals surface area contributed by atoms with Crippen molar-refractivity contribution in [2.24, 2.45) is 7.05 Å². The first-order valence-corrected chi connectivity index (χ1v) is 17.3. The number of nitrogens with zero attached hydrogens (tertiary/aromatic N) is 3. The van der Waals surface area contributed by atoms with Gasteiger partial charge in [0.15, 0.2) is 11.4 Å². The lowest BCUT2D eigenvalue weighted by atomic mass is 9.99. The van der Waals surface area contributed by atoms with E-state index in [0.717, 1.165) is 57.8 Å². The Labute approximate surface area is 285 Å². The third-order valence-electron chi connectivity index (χ3n) is 8.27. The van der Waals surface area contributed by atoms with E-state index in [9.17, 15) is 14.7 Å². The highest BCUT2D eigenvalue weighted by Crippen LogP contribution is 2.40. The summed E-state index contributed by atoms with van der Waals surface area (Å²) in [5.74, 6) is 0.300. The number of nitrogens with one attached hydrogen (secondary N) is 2. The maximum Gasteiger partial charge on any atom is 0.243 e. The van der Waals surface area contributed by atoms with Crippen molar-refractivity contribution in [3.05, 3.63) is 101 Å². The summed E-state index contributed by atoms with van der Waals surface area (Å²) < 4.78 is 15.0. The van der Waals surface area contributed by atoms with E-state index < -0.39 is 6.29 Å². The molecule has 5 rings (SSSR count). The normalized spacial score (nSPS) is 17.6. The van der Waals surface area contributed by atoms with Gasteiger partial charge in [0.2, 0.25) is 11.8 Å². The summed E-state index contributed by atoms with van der Waals surface area (Å²) >= 11 is 1.60. The van der Waals surface area contributed by atoms with Crippen molar-refractivity contribution in [3.8, 4) is 11.1 Å². The first-order valence-electron chi connectivity index (χ1n) is 16.3. The van der Waals surface area contributed by atoms with Gasteiger partial charge in [-0.05, 0) is 52.8 Å². The summed E-state index contributed by atoms with van der Waals surface area (Å²) in [6, 6.07) is 24.2. The van der Waals surface area contributed by atoms with Crippen molar-refractivity contribution in [2.45, 2.75) is 81.8 Å². The van der Waals surface area contributed by atoms with Crippen molar-refractivity contribution < 1.29 is 29.4 Å². The van der Waals surface area contributed by atoms with Crippen molar-refractivity contribution in [2.75, 3.05) is 5.75 Å². The zero-order valence-corrected chi connectivity index (χ0v) is 27.9. The number of carbonyl (C=O) groups excluding carboxylic acids is 2. The molecule has 3 aromatic carbocycles. The van der Waals surface area contributed by atoms with E-state index in [2.05, 4.69) is 39.8 Å². The Morgan fingerprint density at radius 2 is 1.62 bits per heavy atom. The highest BCUT2D eigenvalue weighted by molar-refractivity contribution is 7.99. The summed E-state index contributed by atoms with van der Waals surface area (Å²) in [5.41, 5.74) is 7.47. The van der Waals surface area contributed by atoms with Crippen LogP contribution in [-0.2, 0) is 39.3 Å². The Kier molecular flexibility index (Phi) is 13.1. The molecular weight excluding hydrogens is 630 g/mol. The lowest BCUT2D eigenvalue weighted by molar-refractivity contribution is -0.245. The topological polar surface area (TPSA) is 148 Å². The molecule has 4 N–H and O–H groups in total. The molecule has 0 radical (unpaired) electrons. The average Bonchev–Trinajstić information content (AvgIpc) is 3.55. The molecule has 12 heteroatoms. The molecule has 3 unspecified atom stereocenters. The summed E-state index contributed by atoms with van der Waals surface area (Å²) in [6.45, 7) is 0.422. The van der Waals surface area contributed by atoms with Crippen LogP contribution in [0.15, 0.2) is 84.3 Å². The molecular formula is C36H43N5O6S. The predicted octanol–water partition coefficient (Wildman–Crippen LogP) is 5.77. The lowest BCUT2D eigenvalue weighted by Gasteiger charge is -2.36. The molecule has 1 aliphatic rings. The minimum Gasteiger partial charge on any atom is -0.392 e. The number of benzene rings is 3. The minimum atomic E-state index is -0.583. The van der Waals surface area contributed by atoms with E-state index >= 15 is 0 Å². The number of aryl methyl sites for hydroxylation is 1. The fourth-order valence-electron chi connectivity index (χ4n) is 5.59. The highest BCUT2D eigenvalue weighted by Gasteiger charge is 2.32. The van der Waals surface area contributed by atoms with Crippen molar-refractivity contribution in [1.29, 1.82) is 0 Å². The lowest BCUT2D eigenvalue weighted by Crippen LogP contribution is -2.31. The van der Waals surface area contributed by atoms with Gasteiger partial charge in [-0.15, -0.1) is 10.2 Å². The van der Waals surface area contributed by atoms with Gasteiger partial charge in [0, 0.05) is 44.2 Å². The zero-order valence-electron chi connectivity index (χ0n) is 27.1. The molecule has 0 saturated carbocycles. The number of unbranched alkanes of at least 4 members (excludes halogenated alkanes) is 3. The monoisotopic (exact) mass is 673 g/mol. The molecule has 0 spiro atoms. The number of aliphatic hydroxyl groups is 1. The van der Waals surface area contributed by atoms with Crippen LogP contribution in [0.5, 0.6) is 0 Å². The number of hydrogen-bond acceptors (Lipinski definition) is 9. The third kappa shape index (κ3) is 10.2. The summed E-state index contributed by atoms with van der Waals surface area (Å²) in [4.78, 5) is 23.5. The van der Waals surface area contributed by atoms with Gasteiger partial charge in [0.05, 0.1) is 18.8 Å². The first kappa shape index (κ1) is 35.2. The van der Waals surface area contributed by atoms with Gasteiger partial charge in [-0.25, -0.2) is 5.48 Å². The van der Waals surface area contributed by atoms with Crippen LogP contribution in [-0.4, -0.2) is 48.7 Å². The van der Waals surface area contributed by atoms with Crippen LogP contribution in [0.3, 0.4) is 0 Å². The number of hydrogen-bond donors (Lipinski definition) is 4. The van der Waals surface area contributed by atoms with Crippen LogP contribution >= 0.6 is 11.8 Å². The fourth-order valence-corrected chi connectivity index (χ4v) is 6.49. The van der Waals surface area contributed by atoms with Crippen molar-refractivity contribution in [3.63, 3.8) is 0 Å². The van der Waals surface area contributed by atoms with Gasteiger partial charge in [-0.2, -0.15) is 0 Å². The second-order valence-electron chi connectivity index (χ2n) is 11.9. The van der Waals surface area contributed by atoms with Crippen molar-refractivity contribution in [1.82, 2.24) is 25.6 Å². The molecule has 254 valence electrons. The highest BCUT2D eigenvalue weighted by atomic mass is 32.2. The van der Waals surface area contributed by atoms with E-state index in [1.54, 1.807) is 23.6 Å². The molecule has 1 aromatic heterocycles. The maximum atomic E-state index is 12.4. The number of ether oxygens (including phenoxy) is 2. The standard InChI is InChI=1S/C36H43N5O6S/c1-41-24-38-39-36(41)48-23-31-20-32(27-16-14-25(22-42)15-17-27)47-35(46-31)30-11-7-10-29(19-30)28-9-6-8-26(18-28)21-37-33(43)12-4-2-3-5-13-34(44)40-45/h6-11,14-19,24,31-32,35,42,45H,2-5,12-13,20-23H2,1H3,(H,37,43)(H,40,44). The molecule has 1 saturated heterocycles. The number of aromatic nitrogens is 3. The van der Waals surface area contributed by atoms with Gasteiger partial charge in [-0.3, -0.25) is 14.8 Å². The largest absolute Gasteiger partial charge is 0.392 e. The molecule has 2 amide bonds. The van der Waals surface area contributed by atoms with Crippen LogP contribution in [0.25, 0.3) is 11.1 Å². The summed E-state index contributed by atoms with van der Waals surface area (Å²) in [6.07, 6.45) is 5.32. The Morgan fingerprint density at radius 1 is 0.896 bits per heavy atom. The third-order valence-corrected chi connectivity index (χ3v) is 9.44. The number of aliphatic hydroxyl groups excluding tert-OH is 1. The maximum absolute atomic E-state index is 12.4. The summed E-state index contributed by atoms with van der Waals surface area (Å²) in [7, 11) is 1.92. The summed E-state index contributed by atoms with van der Waals surface area (Å²) in [5, 5.41) is 30.1. The van der Waals surface area contributed by atoms with E-state index in [0.29, 0.717) is 31.6 Å². The van der Waals surface area contributed by atoms with Crippen LogP contribution in [0.1, 0.15) is 79.6 Å².